The van der Waals surface area contributed by atoms with Gasteiger partial charge in [0.05, 0.1) is 17.1 Å². The number of hydrogen-bond acceptors (Lipinski definition) is 6. The summed E-state index contributed by atoms with van der Waals surface area (Å²) in [4.78, 5) is 8.18. The van der Waals surface area contributed by atoms with E-state index in [2.05, 4.69) is 14.7 Å². The molecule has 4 aromatic rings. The standard InChI is InChI=1S/C18H12Cl2F3NO2S.C3H3NS/c19-7-11-3-6-14(25)15(16(11)17-24-12(8-20)9-27-17)10-1-4-13(5-2-10)26-18(21,22)23;1-2-5-3-4-1/h1-6,9,25H,7-8H2;1-3H. The van der Waals surface area contributed by atoms with Gasteiger partial charge in [0.15, 0.2) is 0 Å². The minimum atomic E-state index is -4.77. The summed E-state index contributed by atoms with van der Waals surface area (Å²) in [6.07, 6.45) is -3.00. The van der Waals surface area contributed by atoms with Gasteiger partial charge in [0.2, 0.25) is 0 Å². The normalized spacial score (nSPS) is 11.0. The largest absolute Gasteiger partial charge is 0.573 e. The molecular weight excluding hydrogens is 504 g/mol. The molecule has 32 heavy (non-hydrogen) atoms. The number of phenolic OH excluding ortho intramolecular Hbond substituents is 1. The summed E-state index contributed by atoms with van der Waals surface area (Å²) < 4.78 is 41.0. The van der Waals surface area contributed by atoms with Crippen molar-refractivity contribution in [2.75, 3.05) is 0 Å². The molecule has 0 amide bonds. The Morgan fingerprint density at radius 3 is 2.25 bits per heavy atom. The number of ether oxygens (including phenoxy) is 1. The summed E-state index contributed by atoms with van der Waals surface area (Å²) in [6, 6.07) is 8.43. The highest BCUT2D eigenvalue weighted by atomic mass is 35.5. The second-order valence-corrected chi connectivity index (χ2v) is 8.30. The maximum atomic E-state index is 12.4. The van der Waals surface area contributed by atoms with Gasteiger partial charge in [0.25, 0.3) is 0 Å². The van der Waals surface area contributed by atoms with E-state index in [4.69, 9.17) is 23.2 Å². The van der Waals surface area contributed by atoms with E-state index in [0.717, 1.165) is 5.56 Å². The van der Waals surface area contributed by atoms with Crippen LogP contribution in [-0.2, 0) is 11.8 Å². The minimum Gasteiger partial charge on any atom is -0.507 e. The highest BCUT2D eigenvalue weighted by Gasteiger charge is 2.31. The van der Waals surface area contributed by atoms with Crippen molar-refractivity contribution in [1.29, 1.82) is 0 Å². The van der Waals surface area contributed by atoms with Crippen LogP contribution >= 0.6 is 45.9 Å². The predicted molar refractivity (Wildman–Crippen MR) is 123 cm³/mol. The van der Waals surface area contributed by atoms with Gasteiger partial charge in [-0.3, -0.25) is 4.98 Å². The Morgan fingerprint density at radius 2 is 1.75 bits per heavy atom. The third-order valence-corrected chi connectivity index (χ3v) is 6.03. The van der Waals surface area contributed by atoms with Crippen LogP contribution in [-0.4, -0.2) is 21.4 Å². The Labute approximate surface area is 199 Å². The molecule has 0 saturated heterocycles. The number of nitrogens with zero attached hydrogens (tertiary/aromatic N) is 2. The molecule has 0 saturated carbocycles. The lowest BCUT2D eigenvalue weighted by Crippen LogP contribution is -2.16. The Morgan fingerprint density at radius 1 is 1.00 bits per heavy atom. The lowest BCUT2D eigenvalue weighted by molar-refractivity contribution is -0.274. The second kappa shape index (κ2) is 11.0. The number of aromatic hydroxyl groups is 1. The molecule has 2 aromatic heterocycles. The first-order valence-corrected chi connectivity index (χ1v) is 11.8. The van der Waals surface area contributed by atoms with Crippen LogP contribution in [0.25, 0.3) is 21.7 Å². The fraction of sp³-hybridized carbons (Fsp3) is 0.143. The van der Waals surface area contributed by atoms with Crippen LogP contribution in [0.1, 0.15) is 11.3 Å². The maximum Gasteiger partial charge on any atom is 0.573 e. The first-order chi connectivity index (χ1) is 15.3. The molecule has 0 aliphatic rings. The SMILES string of the molecule is Oc1ccc(CCl)c(-c2nc(CCl)cs2)c1-c1ccc(OC(F)(F)F)cc1.c1cscn1. The first-order valence-electron chi connectivity index (χ1n) is 8.92. The minimum absolute atomic E-state index is 0.0361. The molecular formula is C21H15Cl2F3N2O2S2. The second-order valence-electron chi connectivity index (χ2n) is 6.15. The molecule has 0 bridgehead atoms. The van der Waals surface area contributed by atoms with Gasteiger partial charge in [0.1, 0.15) is 16.5 Å². The van der Waals surface area contributed by atoms with E-state index in [1.165, 1.54) is 41.7 Å². The molecule has 2 aromatic carbocycles. The molecule has 0 unspecified atom stereocenters. The van der Waals surface area contributed by atoms with Crippen molar-refractivity contribution in [2.45, 2.75) is 18.1 Å². The number of halogens is 5. The summed E-state index contributed by atoms with van der Waals surface area (Å²) >= 11 is 14.8. The van der Waals surface area contributed by atoms with Crippen LogP contribution in [0.3, 0.4) is 0 Å². The van der Waals surface area contributed by atoms with Gasteiger partial charge in [-0.1, -0.05) is 18.2 Å². The van der Waals surface area contributed by atoms with E-state index in [9.17, 15) is 18.3 Å². The third kappa shape index (κ3) is 6.35. The predicted octanol–water partition coefficient (Wildman–Crippen LogP) is 7.70. The van der Waals surface area contributed by atoms with Gasteiger partial charge < -0.3 is 9.84 Å². The maximum absolute atomic E-state index is 12.4. The molecule has 4 nitrogen and oxygen atoms in total. The smallest absolute Gasteiger partial charge is 0.507 e. The van der Waals surface area contributed by atoms with Gasteiger partial charge >= 0.3 is 6.36 Å². The van der Waals surface area contributed by atoms with Crippen molar-refractivity contribution in [1.82, 2.24) is 9.97 Å². The van der Waals surface area contributed by atoms with Gasteiger partial charge in [-0.15, -0.1) is 59.0 Å². The Kier molecular flexibility index (Phi) is 8.36. The molecule has 168 valence electrons. The van der Waals surface area contributed by atoms with Crippen molar-refractivity contribution in [2.24, 2.45) is 0 Å². The number of aromatic nitrogens is 2. The topological polar surface area (TPSA) is 55.2 Å². The Hall–Kier alpha value is -2.33. The summed E-state index contributed by atoms with van der Waals surface area (Å²) in [5, 5.41) is 14.8. The first kappa shape index (κ1) is 24.3. The fourth-order valence-corrected chi connectivity index (χ4v) is 4.47. The lowest BCUT2D eigenvalue weighted by Gasteiger charge is -2.15. The van der Waals surface area contributed by atoms with Crippen molar-refractivity contribution < 1.29 is 23.0 Å². The molecule has 1 N–H and O–H groups in total. The van der Waals surface area contributed by atoms with Crippen LogP contribution in [0.2, 0.25) is 0 Å². The number of thiazole rings is 2. The molecule has 0 fully saturated rings. The Balaban J connectivity index is 0.000000509. The number of rotatable bonds is 5. The van der Waals surface area contributed by atoms with Gasteiger partial charge in [0, 0.05) is 34.0 Å². The van der Waals surface area contributed by atoms with E-state index in [0.29, 0.717) is 27.4 Å². The zero-order chi connectivity index (χ0) is 23.1. The third-order valence-electron chi connectivity index (χ3n) is 4.04. The molecule has 4 rings (SSSR count). The van der Waals surface area contributed by atoms with E-state index in [-0.39, 0.29) is 23.3 Å². The number of alkyl halides is 5. The average molecular weight is 519 g/mol. The summed E-state index contributed by atoms with van der Waals surface area (Å²) in [7, 11) is 0. The van der Waals surface area contributed by atoms with Crippen LogP contribution in [0.15, 0.2) is 58.9 Å². The molecule has 0 radical (unpaired) electrons. The molecule has 0 atom stereocenters. The van der Waals surface area contributed by atoms with Crippen molar-refractivity contribution in [3.05, 3.63) is 70.1 Å². The average Bonchev–Trinajstić information content (AvgIpc) is 3.48. The van der Waals surface area contributed by atoms with Gasteiger partial charge in [-0.25, -0.2) is 4.98 Å². The van der Waals surface area contributed by atoms with Crippen LogP contribution in [0, 0.1) is 0 Å². The van der Waals surface area contributed by atoms with Crippen LogP contribution in [0.5, 0.6) is 11.5 Å². The van der Waals surface area contributed by atoms with E-state index in [1.54, 1.807) is 34.5 Å². The Bertz CT molecular complexity index is 1120. The molecule has 0 aliphatic carbocycles. The number of phenols is 1. The van der Waals surface area contributed by atoms with E-state index >= 15 is 0 Å². The van der Waals surface area contributed by atoms with E-state index < -0.39 is 6.36 Å². The molecule has 0 spiro atoms. The fourth-order valence-electron chi connectivity index (χ4n) is 2.76. The number of hydrogen-bond donors (Lipinski definition) is 1. The van der Waals surface area contributed by atoms with Gasteiger partial charge in [-0.05, 0) is 29.3 Å². The quantitative estimate of drug-likeness (QED) is 0.275. The van der Waals surface area contributed by atoms with Gasteiger partial charge in [-0.2, -0.15) is 0 Å². The summed E-state index contributed by atoms with van der Waals surface area (Å²) in [5.74, 6) is 0.0308. The number of benzene rings is 2. The highest BCUT2D eigenvalue weighted by molar-refractivity contribution is 7.13. The van der Waals surface area contributed by atoms with Crippen molar-refractivity contribution in [3.63, 3.8) is 0 Å². The van der Waals surface area contributed by atoms with Crippen LogP contribution in [0.4, 0.5) is 13.2 Å². The molecule has 0 aliphatic heterocycles. The zero-order valence-electron chi connectivity index (χ0n) is 16.1. The highest BCUT2D eigenvalue weighted by Crippen LogP contribution is 2.43. The molecule has 11 heteroatoms. The monoisotopic (exact) mass is 518 g/mol. The van der Waals surface area contributed by atoms with Crippen molar-refractivity contribution in [3.8, 4) is 33.2 Å². The lowest BCUT2D eigenvalue weighted by atomic mass is 9.95. The summed E-state index contributed by atoms with van der Waals surface area (Å²) in [5.41, 5.74) is 4.76. The van der Waals surface area contributed by atoms with Crippen molar-refractivity contribution >= 4 is 45.9 Å². The van der Waals surface area contributed by atoms with Crippen LogP contribution < -0.4 is 4.74 Å². The summed E-state index contributed by atoms with van der Waals surface area (Å²) in [6.45, 7) is 0. The zero-order valence-corrected chi connectivity index (χ0v) is 19.3. The molecule has 2 heterocycles. The van der Waals surface area contributed by atoms with E-state index in [1.807, 2.05) is 5.38 Å².